The predicted molar refractivity (Wildman–Crippen MR) is 135 cm³/mol. The van der Waals surface area contributed by atoms with E-state index in [4.69, 9.17) is 4.74 Å². The van der Waals surface area contributed by atoms with Crippen LogP contribution in [-0.2, 0) is 9.53 Å². The van der Waals surface area contributed by atoms with E-state index in [1.807, 2.05) is 18.4 Å². The highest BCUT2D eigenvalue weighted by Gasteiger charge is 2.19. The molecule has 1 heterocycles. The van der Waals surface area contributed by atoms with Crippen molar-refractivity contribution in [3.8, 4) is 0 Å². The molecule has 0 aliphatic carbocycles. The van der Waals surface area contributed by atoms with Crippen LogP contribution in [0.25, 0.3) is 5.70 Å². The molecule has 2 N–H and O–H groups in total. The maximum atomic E-state index is 11.1. The van der Waals surface area contributed by atoms with Crippen molar-refractivity contribution in [3.63, 3.8) is 0 Å². The lowest BCUT2D eigenvalue weighted by Gasteiger charge is -2.29. The Morgan fingerprint density at radius 1 is 1.28 bits per heavy atom. The van der Waals surface area contributed by atoms with Crippen LogP contribution < -0.4 is 15.5 Å². The van der Waals surface area contributed by atoms with E-state index in [-0.39, 0.29) is 0 Å². The van der Waals surface area contributed by atoms with Gasteiger partial charge in [0.1, 0.15) is 12.0 Å². The average molecular weight is 436 g/mol. The molecule has 5 nitrogen and oxygen atoms in total. The SMILES string of the molecule is CCN\C=C/C(=C\C(=C\C=O)OC)N(/C=C(/C)CC)c1ccc(C2=CC(CC)N2)cc1C. The predicted octanol–water partition coefficient (Wildman–Crippen LogP) is 5.57. The Bertz CT molecular complexity index is 938. The Morgan fingerprint density at radius 2 is 2.03 bits per heavy atom. The summed E-state index contributed by atoms with van der Waals surface area (Å²) < 4.78 is 5.40. The lowest BCUT2D eigenvalue weighted by molar-refractivity contribution is -0.104. The fourth-order valence-electron chi connectivity index (χ4n) is 3.33. The number of ether oxygens (including phenoxy) is 1. The van der Waals surface area contributed by atoms with Crippen LogP contribution in [0.2, 0.25) is 0 Å². The molecule has 0 amide bonds. The Kier molecular flexibility index (Phi) is 9.86. The summed E-state index contributed by atoms with van der Waals surface area (Å²) in [7, 11) is 1.57. The highest BCUT2D eigenvalue weighted by molar-refractivity contribution is 5.74. The molecule has 1 atom stereocenters. The number of methoxy groups -OCH3 is 1. The zero-order chi connectivity index (χ0) is 23.5. The number of aryl methyl sites for hydroxylation is 1. The molecular formula is C27H37N3O2. The van der Waals surface area contributed by atoms with Gasteiger partial charge < -0.3 is 20.3 Å². The summed E-state index contributed by atoms with van der Waals surface area (Å²) in [6.45, 7) is 11.4. The second-order valence-electron chi connectivity index (χ2n) is 7.81. The van der Waals surface area contributed by atoms with Crippen molar-refractivity contribution >= 4 is 17.7 Å². The third-order valence-electron chi connectivity index (χ3n) is 5.44. The summed E-state index contributed by atoms with van der Waals surface area (Å²) in [5.74, 6) is 0.493. The standard InChI is InChI=1S/C27H37N3O2/c1-7-20(4)19-30(24(12-14-28-9-3)18-25(32-6)13-15-31)27-11-10-22(16-21(27)5)26-17-23(8-2)29-26/h10-19,23,28-29H,7-9H2,1-6H3/b14-12-,20-19-,24-18+,25-13-. The number of carbonyl (C=O) groups excluding carboxylic acids is 1. The van der Waals surface area contributed by atoms with E-state index in [9.17, 15) is 4.79 Å². The molecule has 0 spiro atoms. The van der Waals surface area contributed by atoms with E-state index in [1.165, 1.54) is 22.9 Å². The molecule has 2 rings (SSSR count). The van der Waals surface area contributed by atoms with Crippen molar-refractivity contribution < 1.29 is 9.53 Å². The number of allylic oxidation sites excluding steroid dienone is 4. The van der Waals surface area contributed by atoms with E-state index in [0.717, 1.165) is 42.6 Å². The zero-order valence-electron chi connectivity index (χ0n) is 20.2. The topological polar surface area (TPSA) is 53.6 Å². The lowest BCUT2D eigenvalue weighted by atomic mass is 9.98. The maximum Gasteiger partial charge on any atom is 0.146 e. The van der Waals surface area contributed by atoms with Gasteiger partial charge >= 0.3 is 0 Å². The maximum absolute atomic E-state index is 11.1. The highest BCUT2D eigenvalue weighted by atomic mass is 16.5. The molecule has 1 aromatic rings. The highest BCUT2D eigenvalue weighted by Crippen LogP contribution is 2.31. The van der Waals surface area contributed by atoms with Crippen LogP contribution in [0.5, 0.6) is 0 Å². The minimum Gasteiger partial charge on any atom is -0.497 e. The zero-order valence-corrected chi connectivity index (χ0v) is 20.2. The Hall–Kier alpha value is -3.21. The summed E-state index contributed by atoms with van der Waals surface area (Å²) in [5.41, 5.74) is 6.74. The van der Waals surface area contributed by atoms with Gasteiger partial charge in [0.05, 0.1) is 12.8 Å². The normalized spacial score (nSPS) is 16.9. The van der Waals surface area contributed by atoms with Gasteiger partial charge in [0, 0.05) is 42.3 Å². The smallest absolute Gasteiger partial charge is 0.146 e. The monoisotopic (exact) mass is 435 g/mol. The molecular weight excluding hydrogens is 398 g/mol. The molecule has 0 fully saturated rings. The van der Waals surface area contributed by atoms with Crippen molar-refractivity contribution in [3.05, 3.63) is 83.1 Å². The van der Waals surface area contributed by atoms with E-state index < -0.39 is 0 Å². The third-order valence-corrected chi connectivity index (χ3v) is 5.44. The second kappa shape index (κ2) is 12.6. The van der Waals surface area contributed by atoms with Crippen LogP contribution in [0, 0.1) is 6.92 Å². The quantitative estimate of drug-likeness (QED) is 0.194. The molecule has 0 radical (unpaired) electrons. The number of benzene rings is 1. The van der Waals surface area contributed by atoms with Crippen molar-refractivity contribution in [1.29, 1.82) is 0 Å². The van der Waals surface area contributed by atoms with Gasteiger partial charge in [-0.1, -0.05) is 25.5 Å². The van der Waals surface area contributed by atoms with Crippen molar-refractivity contribution in [1.82, 2.24) is 10.6 Å². The molecule has 32 heavy (non-hydrogen) atoms. The Morgan fingerprint density at radius 3 is 2.59 bits per heavy atom. The lowest BCUT2D eigenvalue weighted by Crippen LogP contribution is -2.34. The Balaban J connectivity index is 2.56. The number of aldehydes is 1. The first kappa shape index (κ1) is 25.1. The van der Waals surface area contributed by atoms with Crippen molar-refractivity contribution in [2.75, 3.05) is 18.6 Å². The van der Waals surface area contributed by atoms with Gasteiger partial charge in [0.25, 0.3) is 0 Å². The number of carbonyl (C=O) groups is 1. The van der Waals surface area contributed by atoms with E-state index in [0.29, 0.717) is 11.8 Å². The van der Waals surface area contributed by atoms with Gasteiger partial charge in [0.2, 0.25) is 0 Å². The van der Waals surface area contributed by atoms with Crippen LogP contribution in [0.15, 0.2) is 71.9 Å². The van der Waals surface area contributed by atoms with E-state index in [1.54, 1.807) is 7.11 Å². The molecule has 172 valence electrons. The number of nitrogens with one attached hydrogen (secondary N) is 2. The molecule has 1 aliphatic heterocycles. The van der Waals surface area contributed by atoms with Crippen LogP contribution in [0.1, 0.15) is 51.7 Å². The van der Waals surface area contributed by atoms with Gasteiger partial charge in [-0.05, 0) is 75.2 Å². The number of anilines is 1. The third kappa shape index (κ3) is 6.64. The number of nitrogens with zero attached hydrogens (tertiary/aromatic N) is 1. The van der Waals surface area contributed by atoms with E-state index >= 15 is 0 Å². The van der Waals surface area contributed by atoms with E-state index in [2.05, 4.69) is 80.6 Å². The average Bonchev–Trinajstić information content (AvgIpc) is 2.76. The largest absolute Gasteiger partial charge is 0.497 e. The fraction of sp³-hybridized carbons (Fsp3) is 0.370. The van der Waals surface area contributed by atoms with Crippen molar-refractivity contribution in [2.45, 2.75) is 53.5 Å². The number of rotatable bonds is 12. The van der Waals surface area contributed by atoms with Gasteiger partial charge in [-0.2, -0.15) is 0 Å². The fourth-order valence-corrected chi connectivity index (χ4v) is 3.33. The van der Waals surface area contributed by atoms with Gasteiger partial charge in [-0.3, -0.25) is 4.79 Å². The first-order chi connectivity index (χ1) is 15.5. The molecule has 0 aromatic heterocycles. The molecule has 0 bridgehead atoms. The summed E-state index contributed by atoms with van der Waals surface area (Å²) >= 11 is 0. The minimum atomic E-state index is 0.472. The summed E-state index contributed by atoms with van der Waals surface area (Å²) in [6, 6.07) is 6.99. The van der Waals surface area contributed by atoms with Gasteiger partial charge in [-0.15, -0.1) is 0 Å². The van der Waals surface area contributed by atoms with Crippen LogP contribution >= 0.6 is 0 Å². The second-order valence-corrected chi connectivity index (χ2v) is 7.81. The molecule has 1 aromatic carbocycles. The molecule has 1 aliphatic rings. The van der Waals surface area contributed by atoms with Crippen LogP contribution in [-0.4, -0.2) is 26.0 Å². The Labute approximate surface area is 193 Å². The van der Waals surface area contributed by atoms with Gasteiger partial charge in [-0.25, -0.2) is 0 Å². The van der Waals surface area contributed by atoms with Crippen LogP contribution in [0.3, 0.4) is 0 Å². The van der Waals surface area contributed by atoms with Crippen LogP contribution in [0.4, 0.5) is 5.69 Å². The summed E-state index contributed by atoms with van der Waals surface area (Å²) in [6.07, 6.45) is 14.4. The molecule has 5 heteroatoms. The van der Waals surface area contributed by atoms with Crippen molar-refractivity contribution in [2.24, 2.45) is 0 Å². The summed E-state index contributed by atoms with van der Waals surface area (Å²) in [5, 5.41) is 6.74. The molecule has 1 unspecified atom stereocenters. The first-order valence-corrected chi connectivity index (χ1v) is 11.3. The molecule has 0 saturated heterocycles. The number of hydrogen-bond donors (Lipinski definition) is 2. The number of hydrogen-bond acceptors (Lipinski definition) is 5. The molecule has 0 saturated carbocycles. The minimum absolute atomic E-state index is 0.472. The summed E-state index contributed by atoms with van der Waals surface area (Å²) in [4.78, 5) is 13.2. The first-order valence-electron chi connectivity index (χ1n) is 11.3. The van der Waals surface area contributed by atoms with Gasteiger partial charge in [0.15, 0.2) is 0 Å².